The minimum Gasteiger partial charge on any atom is -0.496 e. The molecule has 0 bridgehead atoms. The van der Waals surface area contributed by atoms with Crippen molar-refractivity contribution in [2.24, 2.45) is 5.92 Å². The predicted molar refractivity (Wildman–Crippen MR) is 92.0 cm³/mol. The molecule has 5 heteroatoms. The molecule has 1 aromatic heterocycles. The van der Waals surface area contributed by atoms with Gasteiger partial charge in [-0.2, -0.15) is 0 Å². The van der Waals surface area contributed by atoms with Crippen LogP contribution >= 0.6 is 0 Å². The third-order valence-corrected chi connectivity index (χ3v) is 4.95. The second-order valence-corrected chi connectivity index (χ2v) is 6.34. The number of ether oxygens (including phenoxy) is 1. The summed E-state index contributed by atoms with van der Waals surface area (Å²) >= 11 is 0. The van der Waals surface area contributed by atoms with Crippen molar-refractivity contribution >= 4 is 6.03 Å². The van der Waals surface area contributed by atoms with Crippen molar-refractivity contribution in [2.75, 3.05) is 13.7 Å². The van der Waals surface area contributed by atoms with Crippen molar-refractivity contribution in [1.29, 1.82) is 0 Å². The van der Waals surface area contributed by atoms with Crippen LogP contribution in [0, 0.1) is 5.92 Å². The summed E-state index contributed by atoms with van der Waals surface area (Å²) in [5.74, 6) is 1.93. The molecule has 0 saturated carbocycles. The van der Waals surface area contributed by atoms with Crippen LogP contribution in [0.3, 0.4) is 0 Å². The Morgan fingerprint density at radius 1 is 1.29 bits per heavy atom. The Balaban J connectivity index is 1.88. The molecule has 2 aromatic rings. The highest BCUT2D eigenvalue weighted by atomic mass is 16.5. The second-order valence-electron chi connectivity index (χ2n) is 6.34. The summed E-state index contributed by atoms with van der Waals surface area (Å²) in [4.78, 5) is 14.7. The summed E-state index contributed by atoms with van der Waals surface area (Å²) < 4.78 is 11.0. The van der Waals surface area contributed by atoms with Gasteiger partial charge in [0.05, 0.1) is 13.4 Å². The van der Waals surface area contributed by atoms with Gasteiger partial charge in [-0.25, -0.2) is 4.79 Å². The molecular weight excluding hydrogens is 304 g/mol. The monoisotopic (exact) mass is 328 g/mol. The third kappa shape index (κ3) is 3.11. The zero-order chi connectivity index (χ0) is 17.1. The first kappa shape index (κ1) is 16.4. The normalized spacial score (nSPS) is 21.5. The molecular formula is C19H24N2O3. The molecule has 1 saturated heterocycles. The van der Waals surface area contributed by atoms with Gasteiger partial charge in [-0.1, -0.05) is 25.1 Å². The number of nitrogens with zero attached hydrogens (tertiary/aromatic N) is 1. The van der Waals surface area contributed by atoms with E-state index in [9.17, 15) is 4.79 Å². The van der Waals surface area contributed by atoms with Gasteiger partial charge in [-0.3, -0.25) is 0 Å². The number of amides is 2. The molecule has 3 unspecified atom stereocenters. The lowest BCUT2D eigenvalue weighted by molar-refractivity contribution is 0.187. The maximum Gasteiger partial charge on any atom is 0.318 e. The maximum absolute atomic E-state index is 12.8. The first-order valence-corrected chi connectivity index (χ1v) is 8.35. The van der Waals surface area contributed by atoms with Crippen LogP contribution in [0.25, 0.3) is 0 Å². The summed E-state index contributed by atoms with van der Waals surface area (Å²) in [5.41, 5.74) is 0.878. The highest BCUT2D eigenvalue weighted by molar-refractivity contribution is 5.76. The Kier molecular flexibility index (Phi) is 4.79. The summed E-state index contributed by atoms with van der Waals surface area (Å²) in [7, 11) is 1.63. The van der Waals surface area contributed by atoms with E-state index < -0.39 is 0 Å². The van der Waals surface area contributed by atoms with E-state index in [2.05, 4.69) is 19.2 Å². The Hall–Kier alpha value is -2.43. The quantitative estimate of drug-likeness (QED) is 0.928. The minimum absolute atomic E-state index is 0.0702. The van der Waals surface area contributed by atoms with Crippen LogP contribution in [0.15, 0.2) is 47.1 Å². The molecule has 1 aromatic carbocycles. The van der Waals surface area contributed by atoms with Crippen molar-refractivity contribution in [3.05, 3.63) is 54.0 Å². The lowest BCUT2D eigenvalue weighted by atomic mass is 10.0. The number of benzene rings is 1. The Morgan fingerprint density at radius 2 is 2.08 bits per heavy atom. The summed E-state index contributed by atoms with van der Waals surface area (Å²) in [6.45, 7) is 5.06. The van der Waals surface area contributed by atoms with E-state index in [1.807, 2.05) is 41.3 Å². The largest absolute Gasteiger partial charge is 0.496 e. The van der Waals surface area contributed by atoms with E-state index in [4.69, 9.17) is 9.15 Å². The fourth-order valence-corrected chi connectivity index (χ4v) is 3.25. The molecule has 0 aliphatic carbocycles. The van der Waals surface area contributed by atoms with Gasteiger partial charge < -0.3 is 19.4 Å². The molecule has 3 rings (SSSR count). The number of urea groups is 1. The van der Waals surface area contributed by atoms with E-state index in [1.54, 1.807) is 13.4 Å². The van der Waals surface area contributed by atoms with Gasteiger partial charge in [0.15, 0.2) is 0 Å². The summed E-state index contributed by atoms with van der Waals surface area (Å²) in [6.07, 6.45) is 2.65. The topological polar surface area (TPSA) is 54.7 Å². The number of para-hydroxylation sites is 1. The Morgan fingerprint density at radius 3 is 2.71 bits per heavy atom. The van der Waals surface area contributed by atoms with Crippen LogP contribution in [0.2, 0.25) is 0 Å². The number of nitrogens with one attached hydrogen (secondary N) is 1. The average molecular weight is 328 g/mol. The van der Waals surface area contributed by atoms with E-state index in [-0.39, 0.29) is 18.1 Å². The van der Waals surface area contributed by atoms with Gasteiger partial charge in [-0.05, 0) is 37.5 Å². The molecule has 5 nitrogen and oxygen atoms in total. The predicted octanol–water partition coefficient (Wildman–Crippen LogP) is 3.82. The summed E-state index contributed by atoms with van der Waals surface area (Å²) in [5, 5.41) is 3.12. The highest BCUT2D eigenvalue weighted by Gasteiger charge is 2.33. The van der Waals surface area contributed by atoms with Gasteiger partial charge in [0.1, 0.15) is 17.6 Å². The van der Waals surface area contributed by atoms with Gasteiger partial charge in [-0.15, -0.1) is 0 Å². The number of carbonyl (C=O) groups is 1. The number of hydrogen-bond donors (Lipinski definition) is 1. The van der Waals surface area contributed by atoms with E-state index in [0.29, 0.717) is 11.7 Å². The fourth-order valence-electron chi connectivity index (χ4n) is 3.25. The number of furan rings is 1. The lowest BCUT2D eigenvalue weighted by Crippen LogP contribution is -2.44. The SMILES string of the molecule is COc1ccccc1C(NC(=O)N1CCC(C)C1C)c1ccco1. The molecule has 2 heterocycles. The molecule has 0 spiro atoms. The van der Waals surface area contributed by atoms with E-state index in [0.717, 1.165) is 24.3 Å². The van der Waals surface area contributed by atoms with Crippen LogP contribution in [0.4, 0.5) is 4.79 Å². The second kappa shape index (κ2) is 6.99. The van der Waals surface area contributed by atoms with Crippen LogP contribution in [0.5, 0.6) is 5.75 Å². The smallest absolute Gasteiger partial charge is 0.318 e. The minimum atomic E-state index is -0.383. The first-order valence-electron chi connectivity index (χ1n) is 8.35. The highest BCUT2D eigenvalue weighted by Crippen LogP contribution is 2.31. The van der Waals surface area contributed by atoms with Gasteiger partial charge in [0.2, 0.25) is 0 Å². The van der Waals surface area contributed by atoms with E-state index in [1.165, 1.54) is 0 Å². The molecule has 2 amide bonds. The van der Waals surface area contributed by atoms with Gasteiger partial charge in [0, 0.05) is 18.2 Å². The van der Waals surface area contributed by atoms with Crippen LogP contribution < -0.4 is 10.1 Å². The van der Waals surface area contributed by atoms with Crippen molar-refractivity contribution < 1.29 is 13.9 Å². The van der Waals surface area contributed by atoms with Crippen molar-refractivity contribution in [1.82, 2.24) is 10.2 Å². The first-order chi connectivity index (χ1) is 11.6. The number of rotatable bonds is 4. The number of methoxy groups -OCH3 is 1. The molecule has 3 atom stereocenters. The molecule has 128 valence electrons. The van der Waals surface area contributed by atoms with Crippen LogP contribution in [-0.4, -0.2) is 30.6 Å². The van der Waals surface area contributed by atoms with Gasteiger partial charge in [0.25, 0.3) is 0 Å². The van der Waals surface area contributed by atoms with Crippen molar-refractivity contribution in [3.8, 4) is 5.75 Å². The number of carbonyl (C=O) groups excluding carboxylic acids is 1. The lowest BCUT2D eigenvalue weighted by Gasteiger charge is -2.27. The summed E-state index contributed by atoms with van der Waals surface area (Å²) in [6, 6.07) is 11.2. The molecule has 0 radical (unpaired) electrons. The third-order valence-electron chi connectivity index (χ3n) is 4.95. The molecule has 1 N–H and O–H groups in total. The van der Waals surface area contributed by atoms with Crippen molar-refractivity contribution in [2.45, 2.75) is 32.4 Å². The number of hydrogen-bond acceptors (Lipinski definition) is 3. The molecule has 1 aliphatic rings. The molecule has 1 aliphatic heterocycles. The fraction of sp³-hybridized carbons (Fsp3) is 0.421. The van der Waals surface area contributed by atoms with Gasteiger partial charge >= 0.3 is 6.03 Å². The Labute approximate surface area is 142 Å². The maximum atomic E-state index is 12.8. The van der Waals surface area contributed by atoms with Crippen molar-refractivity contribution in [3.63, 3.8) is 0 Å². The zero-order valence-corrected chi connectivity index (χ0v) is 14.4. The Bertz CT molecular complexity index is 684. The van der Waals surface area contributed by atoms with E-state index >= 15 is 0 Å². The number of likely N-dealkylation sites (tertiary alicyclic amines) is 1. The van der Waals surface area contributed by atoms with Crippen LogP contribution in [-0.2, 0) is 0 Å². The average Bonchev–Trinajstić information content (AvgIpc) is 3.24. The standard InChI is InChI=1S/C19H24N2O3/c1-13-10-11-21(14(13)2)19(22)20-18(17-9-6-12-24-17)15-7-4-5-8-16(15)23-3/h4-9,12-14,18H,10-11H2,1-3H3,(H,20,22). The molecule has 24 heavy (non-hydrogen) atoms. The zero-order valence-electron chi connectivity index (χ0n) is 14.4. The molecule has 1 fully saturated rings. The van der Waals surface area contributed by atoms with Crippen LogP contribution in [0.1, 0.15) is 37.6 Å².